The van der Waals surface area contributed by atoms with Gasteiger partial charge in [-0.05, 0) is 60.6 Å². The molecule has 0 spiro atoms. The van der Waals surface area contributed by atoms with E-state index in [0.29, 0.717) is 5.82 Å². The second kappa shape index (κ2) is 12.5. The van der Waals surface area contributed by atoms with Crippen molar-refractivity contribution in [2.24, 2.45) is 0 Å². The van der Waals surface area contributed by atoms with Gasteiger partial charge >= 0.3 is 0 Å². The number of aromatic nitrogens is 2. The summed E-state index contributed by atoms with van der Waals surface area (Å²) in [5.41, 5.74) is 20.7. The van der Waals surface area contributed by atoms with Crippen LogP contribution in [0.2, 0.25) is 0 Å². The van der Waals surface area contributed by atoms with E-state index in [1.807, 2.05) is 37.3 Å². The van der Waals surface area contributed by atoms with Gasteiger partial charge in [-0.3, -0.25) is 4.57 Å². The van der Waals surface area contributed by atoms with Gasteiger partial charge in [-0.25, -0.2) is 4.98 Å². The van der Waals surface area contributed by atoms with E-state index >= 15 is 0 Å². The first-order valence-corrected chi connectivity index (χ1v) is 15.3. The first kappa shape index (κ1) is 28.3. The minimum Gasteiger partial charge on any atom is -0.397 e. The summed E-state index contributed by atoms with van der Waals surface area (Å²) in [7, 11) is 0. The molecule has 4 nitrogen and oxygen atoms in total. The second-order valence-electron chi connectivity index (χ2n) is 9.47. The summed E-state index contributed by atoms with van der Waals surface area (Å²) < 4.78 is 3.22. The van der Waals surface area contributed by atoms with Crippen molar-refractivity contribution < 1.29 is 0 Å². The van der Waals surface area contributed by atoms with Crippen LogP contribution in [0.15, 0.2) is 109 Å². The van der Waals surface area contributed by atoms with Crippen molar-refractivity contribution in [2.45, 2.75) is 20.3 Å². The average molecular weight is 575 g/mol. The summed E-state index contributed by atoms with van der Waals surface area (Å²) in [6.45, 7) is 4.19. The Hall–Kier alpha value is -4.26. The zero-order valence-electron chi connectivity index (χ0n) is 23.5. The molecule has 0 saturated carbocycles. The van der Waals surface area contributed by atoms with Crippen LogP contribution < -0.4 is 11.5 Å². The van der Waals surface area contributed by atoms with Crippen molar-refractivity contribution >= 4 is 62.0 Å². The molecule has 4 N–H and O–H groups in total. The Bertz CT molecular complexity index is 1880. The molecule has 0 bridgehead atoms. The lowest BCUT2D eigenvalue weighted by Gasteiger charge is -2.13. The second-order valence-corrected chi connectivity index (χ2v) is 10.5. The predicted molar refractivity (Wildman–Crippen MR) is 184 cm³/mol. The Morgan fingerprint density at radius 1 is 0.878 bits per heavy atom. The quantitative estimate of drug-likeness (QED) is 0.137. The van der Waals surface area contributed by atoms with Crippen molar-refractivity contribution in [3.05, 3.63) is 115 Å². The summed E-state index contributed by atoms with van der Waals surface area (Å²) in [6, 6.07) is 31.2. The zero-order valence-corrected chi connectivity index (χ0v) is 25.2. The van der Waals surface area contributed by atoms with Gasteiger partial charge in [0, 0.05) is 21.0 Å². The summed E-state index contributed by atoms with van der Waals surface area (Å²) in [5.74, 6) is 1.40. The number of nitrogens with two attached hydrogens (primary N) is 2. The molecule has 6 heteroatoms. The van der Waals surface area contributed by atoms with E-state index < -0.39 is 0 Å². The lowest BCUT2D eigenvalue weighted by Crippen LogP contribution is -2.05. The van der Waals surface area contributed by atoms with Gasteiger partial charge in [0.1, 0.15) is 11.6 Å². The third kappa shape index (κ3) is 5.29. The molecule has 3 aromatic carbocycles. The number of thiol groups is 1. The van der Waals surface area contributed by atoms with E-state index in [0.717, 1.165) is 71.7 Å². The Morgan fingerprint density at radius 2 is 1.56 bits per heavy atom. The minimum atomic E-state index is 0.629. The Labute approximate surface area is 251 Å². The van der Waals surface area contributed by atoms with Gasteiger partial charge in [-0.2, -0.15) is 12.6 Å². The molecule has 0 unspecified atom stereocenters. The number of hydrogen-bond donors (Lipinski definition) is 3. The number of nitrogen functional groups attached to an aromatic ring is 2. The normalized spacial score (nSPS) is 11.8. The molecule has 6 rings (SSSR count). The van der Waals surface area contributed by atoms with Crippen LogP contribution in [-0.2, 0) is 0 Å². The van der Waals surface area contributed by atoms with E-state index in [9.17, 15) is 0 Å². The molecule has 6 aromatic rings. The van der Waals surface area contributed by atoms with Gasteiger partial charge in [-0.1, -0.05) is 91.9 Å². The first-order valence-electron chi connectivity index (χ1n) is 13.6. The number of hydrogen-bond acceptors (Lipinski definition) is 5. The number of rotatable bonds is 6. The van der Waals surface area contributed by atoms with E-state index in [4.69, 9.17) is 16.5 Å². The lowest BCUT2D eigenvalue weighted by atomic mass is 10.0. The number of allylic oxidation sites excluding steroid dienone is 4. The van der Waals surface area contributed by atoms with Crippen LogP contribution in [0.5, 0.6) is 0 Å². The third-order valence-electron chi connectivity index (χ3n) is 7.06. The molecular formula is C35H34N4S2. The van der Waals surface area contributed by atoms with Crippen molar-refractivity contribution in [1.82, 2.24) is 9.55 Å². The fourth-order valence-electron chi connectivity index (χ4n) is 5.15. The van der Waals surface area contributed by atoms with Crippen LogP contribution in [0, 0.1) is 0 Å². The van der Waals surface area contributed by atoms with Crippen LogP contribution in [-0.4, -0.2) is 15.8 Å². The molecule has 41 heavy (non-hydrogen) atoms. The SMILES string of the molecule is C/C=C(\C=C/CC)c1cc(-c2ccccc2)cc(-n2c(N)c(-c3sc4ccccc4c3N)c3ccccc32)n1.CS. The molecule has 3 heterocycles. The molecule has 206 valence electrons. The molecule has 0 fully saturated rings. The van der Waals surface area contributed by atoms with Crippen molar-refractivity contribution in [2.75, 3.05) is 17.7 Å². The Balaban J connectivity index is 0.00000165. The molecule has 0 radical (unpaired) electrons. The summed E-state index contributed by atoms with van der Waals surface area (Å²) in [5, 5.41) is 2.11. The number of nitrogens with zero attached hydrogens (tertiary/aromatic N) is 2. The van der Waals surface area contributed by atoms with E-state index in [1.165, 1.54) is 0 Å². The largest absolute Gasteiger partial charge is 0.397 e. The highest BCUT2D eigenvalue weighted by atomic mass is 32.1. The monoisotopic (exact) mass is 574 g/mol. The summed E-state index contributed by atoms with van der Waals surface area (Å²) >= 11 is 5.21. The molecule has 0 aliphatic rings. The molecular weight excluding hydrogens is 541 g/mol. The number of pyridine rings is 1. The van der Waals surface area contributed by atoms with E-state index in [2.05, 4.69) is 103 Å². The van der Waals surface area contributed by atoms with E-state index in [1.54, 1.807) is 17.6 Å². The summed E-state index contributed by atoms with van der Waals surface area (Å²) in [6.07, 6.45) is 9.06. The van der Waals surface area contributed by atoms with Crippen LogP contribution in [0.3, 0.4) is 0 Å². The van der Waals surface area contributed by atoms with Crippen LogP contribution >= 0.6 is 24.0 Å². The highest BCUT2D eigenvalue weighted by molar-refractivity contribution is 7.79. The third-order valence-corrected chi connectivity index (χ3v) is 8.26. The van der Waals surface area contributed by atoms with Gasteiger partial charge in [0.25, 0.3) is 0 Å². The van der Waals surface area contributed by atoms with E-state index in [-0.39, 0.29) is 0 Å². The van der Waals surface area contributed by atoms with Gasteiger partial charge < -0.3 is 11.5 Å². The van der Waals surface area contributed by atoms with Gasteiger partial charge in [0.2, 0.25) is 0 Å². The molecule has 0 amide bonds. The minimum absolute atomic E-state index is 0.629. The predicted octanol–water partition coefficient (Wildman–Crippen LogP) is 9.65. The maximum atomic E-state index is 7.04. The molecule has 0 atom stereocenters. The van der Waals surface area contributed by atoms with Gasteiger partial charge in [0.15, 0.2) is 0 Å². The molecule has 0 saturated heterocycles. The Morgan fingerprint density at radius 3 is 2.27 bits per heavy atom. The lowest BCUT2D eigenvalue weighted by molar-refractivity contribution is 1.05. The molecule has 0 aliphatic carbocycles. The average Bonchev–Trinajstić information content (AvgIpc) is 3.51. The molecule has 0 aliphatic heterocycles. The number of anilines is 2. The van der Waals surface area contributed by atoms with Gasteiger partial charge in [-0.15, -0.1) is 11.3 Å². The van der Waals surface area contributed by atoms with Crippen molar-refractivity contribution in [1.29, 1.82) is 0 Å². The number of thiophene rings is 1. The van der Waals surface area contributed by atoms with Crippen LogP contribution in [0.4, 0.5) is 11.5 Å². The molecule has 3 aromatic heterocycles. The van der Waals surface area contributed by atoms with Crippen LogP contribution in [0.25, 0.3) is 53.9 Å². The maximum absolute atomic E-state index is 7.04. The highest BCUT2D eigenvalue weighted by Crippen LogP contribution is 2.47. The topological polar surface area (TPSA) is 69.9 Å². The van der Waals surface area contributed by atoms with Crippen molar-refractivity contribution in [3.63, 3.8) is 0 Å². The zero-order chi connectivity index (χ0) is 28.9. The number of para-hydroxylation sites is 1. The summed E-state index contributed by atoms with van der Waals surface area (Å²) in [4.78, 5) is 6.16. The van der Waals surface area contributed by atoms with Crippen molar-refractivity contribution in [3.8, 4) is 27.4 Å². The fourth-order valence-corrected chi connectivity index (χ4v) is 6.34. The maximum Gasteiger partial charge on any atom is 0.140 e. The fraction of sp³-hybridized carbons (Fsp3) is 0.114. The number of fused-ring (bicyclic) bond motifs is 2. The smallest absolute Gasteiger partial charge is 0.140 e. The number of benzene rings is 3. The Kier molecular flexibility index (Phi) is 8.62. The van der Waals surface area contributed by atoms with Gasteiger partial charge in [0.05, 0.1) is 21.8 Å². The van der Waals surface area contributed by atoms with Crippen LogP contribution in [0.1, 0.15) is 26.0 Å². The highest BCUT2D eigenvalue weighted by Gasteiger charge is 2.23. The first-order chi connectivity index (χ1) is 20.1. The standard InChI is InChI=1S/C34H30N4S.CH4S/c1-3-5-13-22(4-2)27-20-24(23-14-7-6-8-15-23)21-30(37-27)38-28-18-11-9-16-25(28)31(34(38)36)33-32(35)26-17-10-12-19-29(26)39-33;1-2/h4-21H,3,35-36H2,1-2H3;2H,1H3/b13-5-,22-4+;.